The summed E-state index contributed by atoms with van der Waals surface area (Å²) in [6, 6.07) is 0. The van der Waals surface area contributed by atoms with E-state index in [1.165, 1.54) is 17.4 Å². The summed E-state index contributed by atoms with van der Waals surface area (Å²) in [6.45, 7) is 3.94. The molecule has 4 nitrogen and oxygen atoms in total. The number of nitrogens with one attached hydrogen (secondary N) is 1. The molecule has 1 heterocycles. The molecular formula is C9H13N3OS. The number of thiazole rings is 1. The predicted octanol–water partition coefficient (Wildman–Crippen LogP) is 1.33. The lowest BCUT2D eigenvalue weighted by atomic mass is 10.4. The van der Waals surface area contributed by atoms with E-state index < -0.39 is 0 Å². The van der Waals surface area contributed by atoms with Crippen molar-refractivity contribution < 1.29 is 4.79 Å². The second-order valence-corrected chi connectivity index (χ2v) is 3.65. The van der Waals surface area contributed by atoms with Gasteiger partial charge in [0.2, 0.25) is 5.91 Å². The van der Waals surface area contributed by atoms with E-state index in [0.29, 0.717) is 6.54 Å². The second kappa shape index (κ2) is 4.76. The summed E-state index contributed by atoms with van der Waals surface area (Å²) in [5.41, 5.74) is 0.886. The highest BCUT2D eigenvalue weighted by atomic mass is 32.1. The summed E-state index contributed by atoms with van der Waals surface area (Å²) in [5.74, 6) is -0.0935. The molecule has 14 heavy (non-hydrogen) atoms. The van der Waals surface area contributed by atoms with Crippen LogP contribution in [0.5, 0.6) is 0 Å². The third-order valence-electron chi connectivity index (χ3n) is 1.72. The van der Waals surface area contributed by atoms with E-state index in [0.717, 1.165) is 10.8 Å². The van der Waals surface area contributed by atoms with Gasteiger partial charge in [-0.1, -0.05) is 6.58 Å². The zero-order valence-corrected chi connectivity index (χ0v) is 9.10. The number of hydrogen-bond acceptors (Lipinski definition) is 4. The molecule has 0 aliphatic rings. The Kier molecular flexibility index (Phi) is 3.64. The molecule has 0 saturated heterocycles. The van der Waals surface area contributed by atoms with Crippen molar-refractivity contribution in [2.75, 3.05) is 19.4 Å². The Labute approximate surface area is 87.3 Å². The van der Waals surface area contributed by atoms with Gasteiger partial charge in [-0.15, -0.1) is 11.3 Å². The molecule has 76 valence electrons. The Hall–Kier alpha value is -1.36. The minimum atomic E-state index is -0.0935. The Morgan fingerprint density at radius 3 is 3.07 bits per heavy atom. The molecule has 1 aromatic heterocycles. The van der Waals surface area contributed by atoms with Gasteiger partial charge in [0.15, 0.2) is 5.13 Å². The van der Waals surface area contributed by atoms with Gasteiger partial charge in [0, 0.05) is 19.5 Å². The first-order chi connectivity index (χ1) is 6.67. The average Bonchev–Trinajstić information content (AvgIpc) is 2.64. The topological polar surface area (TPSA) is 45.2 Å². The van der Waals surface area contributed by atoms with Crippen LogP contribution in [0.2, 0.25) is 0 Å². The fraction of sp³-hybridized carbons (Fsp3) is 0.333. The van der Waals surface area contributed by atoms with E-state index >= 15 is 0 Å². The molecule has 0 bridgehead atoms. The monoisotopic (exact) mass is 211 g/mol. The van der Waals surface area contributed by atoms with Gasteiger partial charge < -0.3 is 10.2 Å². The van der Waals surface area contributed by atoms with Crippen LogP contribution in [0.25, 0.3) is 0 Å². The molecule has 1 amide bonds. The van der Waals surface area contributed by atoms with Crippen LogP contribution in [0.15, 0.2) is 18.0 Å². The van der Waals surface area contributed by atoms with Crippen LogP contribution in [0.4, 0.5) is 5.13 Å². The van der Waals surface area contributed by atoms with Crippen molar-refractivity contribution >= 4 is 22.4 Å². The highest BCUT2D eigenvalue weighted by molar-refractivity contribution is 7.13. The highest BCUT2D eigenvalue weighted by Gasteiger charge is 2.07. The maximum absolute atomic E-state index is 11.2. The zero-order chi connectivity index (χ0) is 10.6. The minimum absolute atomic E-state index is 0.0935. The molecule has 1 aromatic rings. The summed E-state index contributed by atoms with van der Waals surface area (Å²) in [7, 11) is 3.55. The van der Waals surface area contributed by atoms with Crippen LogP contribution in [0.1, 0.15) is 5.69 Å². The fourth-order valence-corrected chi connectivity index (χ4v) is 1.63. The van der Waals surface area contributed by atoms with Crippen LogP contribution in [0, 0.1) is 0 Å². The van der Waals surface area contributed by atoms with Crippen molar-refractivity contribution in [3.05, 3.63) is 23.7 Å². The summed E-state index contributed by atoms with van der Waals surface area (Å²) in [4.78, 5) is 17.0. The first kappa shape index (κ1) is 10.7. The Morgan fingerprint density at radius 1 is 1.86 bits per heavy atom. The molecule has 0 radical (unpaired) electrons. The summed E-state index contributed by atoms with van der Waals surface area (Å²) in [6.07, 6.45) is 1.30. The summed E-state index contributed by atoms with van der Waals surface area (Å²) in [5, 5.41) is 5.74. The lowest BCUT2D eigenvalue weighted by Crippen LogP contribution is -2.24. The van der Waals surface area contributed by atoms with Crippen molar-refractivity contribution in [2.24, 2.45) is 0 Å². The molecule has 0 aliphatic carbocycles. The molecular weight excluding hydrogens is 198 g/mol. The fourth-order valence-electron chi connectivity index (χ4n) is 0.971. The first-order valence-corrected chi connectivity index (χ1v) is 5.05. The third kappa shape index (κ3) is 2.56. The van der Waals surface area contributed by atoms with E-state index in [1.54, 1.807) is 11.9 Å². The number of anilines is 1. The average molecular weight is 211 g/mol. The highest BCUT2D eigenvalue weighted by Crippen LogP contribution is 2.15. The molecule has 5 heteroatoms. The van der Waals surface area contributed by atoms with E-state index in [4.69, 9.17) is 0 Å². The number of nitrogens with zero attached hydrogens (tertiary/aromatic N) is 2. The quantitative estimate of drug-likeness (QED) is 0.764. The molecule has 0 aromatic carbocycles. The molecule has 0 aliphatic heterocycles. The lowest BCUT2D eigenvalue weighted by molar-refractivity contribution is -0.125. The van der Waals surface area contributed by atoms with Crippen molar-refractivity contribution in [1.29, 1.82) is 0 Å². The van der Waals surface area contributed by atoms with Crippen LogP contribution < -0.4 is 5.32 Å². The first-order valence-electron chi connectivity index (χ1n) is 4.17. The number of rotatable bonds is 4. The maximum atomic E-state index is 11.2. The van der Waals surface area contributed by atoms with E-state index in [2.05, 4.69) is 16.9 Å². The van der Waals surface area contributed by atoms with Gasteiger partial charge in [-0.05, 0) is 6.08 Å². The third-order valence-corrected chi connectivity index (χ3v) is 2.62. The van der Waals surface area contributed by atoms with Gasteiger partial charge in [-0.25, -0.2) is 4.98 Å². The SMILES string of the molecule is C=CC(=O)N(C)Cc1csc(NC)n1. The number of carbonyl (C=O) groups excluding carboxylic acids is 1. The number of amides is 1. The van der Waals surface area contributed by atoms with E-state index in [-0.39, 0.29) is 5.91 Å². The largest absolute Gasteiger partial charge is 0.365 e. The van der Waals surface area contributed by atoms with Crippen molar-refractivity contribution in [2.45, 2.75) is 6.54 Å². The van der Waals surface area contributed by atoms with E-state index in [9.17, 15) is 4.79 Å². The molecule has 1 N–H and O–H groups in total. The van der Waals surface area contributed by atoms with Crippen molar-refractivity contribution in [3.63, 3.8) is 0 Å². The van der Waals surface area contributed by atoms with Gasteiger partial charge >= 0.3 is 0 Å². The lowest BCUT2D eigenvalue weighted by Gasteiger charge is -2.12. The normalized spacial score (nSPS) is 9.57. The molecule has 0 saturated carbocycles. The van der Waals surface area contributed by atoms with Crippen LogP contribution in [-0.4, -0.2) is 29.9 Å². The molecule has 0 unspecified atom stereocenters. The Balaban J connectivity index is 2.59. The predicted molar refractivity (Wildman–Crippen MR) is 58.3 cm³/mol. The van der Waals surface area contributed by atoms with Crippen LogP contribution in [0.3, 0.4) is 0 Å². The molecule has 1 rings (SSSR count). The summed E-state index contributed by atoms with van der Waals surface area (Å²) < 4.78 is 0. The second-order valence-electron chi connectivity index (χ2n) is 2.79. The number of carbonyl (C=O) groups is 1. The van der Waals surface area contributed by atoms with Crippen LogP contribution >= 0.6 is 11.3 Å². The standard InChI is InChI=1S/C9H13N3OS/c1-4-8(13)12(3)5-7-6-14-9(10-2)11-7/h4,6H,1,5H2,2-3H3,(H,10,11). The molecule has 0 atom stereocenters. The Bertz CT molecular complexity index is 335. The van der Waals surface area contributed by atoms with E-state index in [1.807, 2.05) is 12.4 Å². The Morgan fingerprint density at radius 2 is 2.57 bits per heavy atom. The van der Waals surface area contributed by atoms with Gasteiger partial charge in [0.1, 0.15) is 0 Å². The minimum Gasteiger partial charge on any atom is -0.365 e. The zero-order valence-electron chi connectivity index (χ0n) is 8.28. The molecule has 0 fully saturated rings. The van der Waals surface area contributed by atoms with Gasteiger partial charge in [0.05, 0.1) is 12.2 Å². The van der Waals surface area contributed by atoms with Gasteiger partial charge in [0.25, 0.3) is 0 Å². The molecule has 0 spiro atoms. The smallest absolute Gasteiger partial charge is 0.246 e. The number of likely N-dealkylation sites (N-methyl/N-ethyl adjacent to an activating group) is 1. The maximum Gasteiger partial charge on any atom is 0.246 e. The van der Waals surface area contributed by atoms with Gasteiger partial charge in [-0.3, -0.25) is 4.79 Å². The van der Waals surface area contributed by atoms with Crippen LogP contribution in [-0.2, 0) is 11.3 Å². The van der Waals surface area contributed by atoms with Gasteiger partial charge in [-0.2, -0.15) is 0 Å². The summed E-state index contributed by atoms with van der Waals surface area (Å²) >= 11 is 1.52. The van der Waals surface area contributed by atoms with Crippen molar-refractivity contribution in [1.82, 2.24) is 9.88 Å². The number of aromatic nitrogens is 1. The van der Waals surface area contributed by atoms with Crippen molar-refractivity contribution in [3.8, 4) is 0 Å². The number of hydrogen-bond donors (Lipinski definition) is 1.